The second kappa shape index (κ2) is 8.25. The summed E-state index contributed by atoms with van der Waals surface area (Å²) in [6, 6.07) is 0.387. The first-order valence-electron chi connectivity index (χ1n) is 8.86. The van der Waals surface area contributed by atoms with Gasteiger partial charge in [0, 0.05) is 25.6 Å². The number of piperidine rings is 1. The lowest BCUT2D eigenvalue weighted by Crippen LogP contribution is -2.53. The molecule has 3 heterocycles. The number of carboxylic acid groups (broad SMARTS) is 1. The van der Waals surface area contributed by atoms with E-state index >= 15 is 0 Å². The monoisotopic (exact) mass is 354 g/mol. The van der Waals surface area contributed by atoms with Crippen molar-refractivity contribution in [3.8, 4) is 0 Å². The number of nitrogens with zero attached hydrogens (tertiary/aromatic N) is 4. The molecule has 1 spiro atoms. The molecule has 8 heteroatoms. The van der Waals surface area contributed by atoms with Crippen LogP contribution in [0.1, 0.15) is 58.3 Å². The Morgan fingerprint density at radius 3 is 2.56 bits per heavy atom. The molecular weight excluding hydrogens is 324 g/mol. The summed E-state index contributed by atoms with van der Waals surface area (Å²) in [6.07, 6.45) is 5.29. The van der Waals surface area contributed by atoms with E-state index in [2.05, 4.69) is 33.5 Å². The SMILES string of the molecule is CC(C)n1cnnc1CN1CCC2(CC1)CC(C)(O)CCO2.O=CO. The van der Waals surface area contributed by atoms with Crippen molar-refractivity contribution in [2.24, 2.45) is 0 Å². The molecule has 0 aromatic carbocycles. The number of aromatic nitrogens is 3. The van der Waals surface area contributed by atoms with Gasteiger partial charge in [-0.1, -0.05) is 0 Å². The lowest BCUT2D eigenvalue weighted by Gasteiger charge is -2.48. The summed E-state index contributed by atoms with van der Waals surface area (Å²) in [5.74, 6) is 1.03. The van der Waals surface area contributed by atoms with Gasteiger partial charge in [-0.25, -0.2) is 0 Å². The first-order chi connectivity index (χ1) is 11.8. The van der Waals surface area contributed by atoms with Crippen molar-refractivity contribution in [3.63, 3.8) is 0 Å². The fraction of sp³-hybridized carbons (Fsp3) is 0.824. The highest BCUT2D eigenvalue weighted by atomic mass is 16.5. The summed E-state index contributed by atoms with van der Waals surface area (Å²) in [5, 5.41) is 25.5. The van der Waals surface area contributed by atoms with Crippen LogP contribution in [0.15, 0.2) is 6.33 Å². The van der Waals surface area contributed by atoms with Crippen molar-refractivity contribution in [2.45, 2.75) is 70.2 Å². The number of carbonyl (C=O) groups is 1. The Bertz CT molecular complexity index is 551. The Morgan fingerprint density at radius 1 is 1.36 bits per heavy atom. The highest BCUT2D eigenvalue weighted by molar-refractivity contribution is 5.32. The number of ether oxygens (including phenoxy) is 1. The first-order valence-corrected chi connectivity index (χ1v) is 8.86. The topological polar surface area (TPSA) is 101 Å². The average molecular weight is 354 g/mol. The van der Waals surface area contributed by atoms with Crippen LogP contribution in [0, 0.1) is 0 Å². The van der Waals surface area contributed by atoms with E-state index in [4.69, 9.17) is 14.6 Å². The summed E-state index contributed by atoms with van der Waals surface area (Å²) >= 11 is 0. The molecule has 0 saturated carbocycles. The zero-order valence-electron chi connectivity index (χ0n) is 15.4. The van der Waals surface area contributed by atoms with Crippen molar-refractivity contribution < 1.29 is 19.7 Å². The Morgan fingerprint density at radius 2 is 2.00 bits per heavy atom. The number of likely N-dealkylation sites (tertiary alicyclic amines) is 1. The molecule has 0 bridgehead atoms. The van der Waals surface area contributed by atoms with Gasteiger partial charge in [0.1, 0.15) is 12.2 Å². The van der Waals surface area contributed by atoms with Crippen molar-refractivity contribution in [1.82, 2.24) is 19.7 Å². The van der Waals surface area contributed by atoms with Crippen LogP contribution in [0.25, 0.3) is 0 Å². The summed E-state index contributed by atoms with van der Waals surface area (Å²) in [5.41, 5.74) is -0.692. The van der Waals surface area contributed by atoms with Gasteiger partial charge in [-0.3, -0.25) is 9.69 Å². The van der Waals surface area contributed by atoms with Gasteiger partial charge in [0.15, 0.2) is 0 Å². The lowest BCUT2D eigenvalue weighted by molar-refractivity contribution is -0.173. The van der Waals surface area contributed by atoms with Crippen molar-refractivity contribution in [1.29, 1.82) is 0 Å². The Kier molecular flexibility index (Phi) is 6.53. The van der Waals surface area contributed by atoms with Crippen molar-refractivity contribution >= 4 is 6.47 Å². The van der Waals surface area contributed by atoms with E-state index in [1.54, 1.807) is 0 Å². The molecule has 1 aromatic rings. The first kappa shape index (κ1) is 19.8. The molecule has 1 aromatic heterocycles. The fourth-order valence-corrected chi connectivity index (χ4v) is 3.77. The van der Waals surface area contributed by atoms with Gasteiger partial charge in [0.2, 0.25) is 0 Å². The molecular formula is C17H30N4O4. The Labute approximate surface area is 148 Å². The molecule has 2 fully saturated rings. The maximum Gasteiger partial charge on any atom is 0.290 e. The molecule has 2 saturated heterocycles. The minimum Gasteiger partial charge on any atom is -0.483 e. The number of hydrogen-bond acceptors (Lipinski definition) is 6. The molecule has 2 N–H and O–H groups in total. The van der Waals surface area contributed by atoms with Gasteiger partial charge in [-0.15, -0.1) is 10.2 Å². The third-order valence-electron chi connectivity index (χ3n) is 5.09. The van der Waals surface area contributed by atoms with Crippen LogP contribution in [0.5, 0.6) is 0 Å². The van der Waals surface area contributed by atoms with Crippen molar-refractivity contribution in [2.75, 3.05) is 19.7 Å². The van der Waals surface area contributed by atoms with Crippen LogP contribution in [0.2, 0.25) is 0 Å². The van der Waals surface area contributed by atoms with E-state index < -0.39 is 5.60 Å². The molecule has 3 rings (SSSR count). The molecule has 1 unspecified atom stereocenters. The van der Waals surface area contributed by atoms with Crippen LogP contribution >= 0.6 is 0 Å². The molecule has 25 heavy (non-hydrogen) atoms. The zero-order valence-corrected chi connectivity index (χ0v) is 15.4. The second-order valence-electron chi connectivity index (χ2n) is 7.58. The van der Waals surface area contributed by atoms with E-state index in [0.717, 1.165) is 51.1 Å². The highest BCUT2D eigenvalue weighted by Gasteiger charge is 2.44. The number of rotatable bonds is 3. The van der Waals surface area contributed by atoms with Gasteiger partial charge < -0.3 is 19.5 Å². The lowest BCUT2D eigenvalue weighted by atomic mass is 9.78. The molecule has 0 radical (unpaired) electrons. The smallest absolute Gasteiger partial charge is 0.290 e. The van der Waals surface area contributed by atoms with Gasteiger partial charge in [-0.2, -0.15) is 0 Å². The molecule has 0 aliphatic carbocycles. The molecule has 1 atom stereocenters. The maximum absolute atomic E-state index is 10.3. The van der Waals surface area contributed by atoms with Crippen LogP contribution < -0.4 is 0 Å². The standard InChI is InChI=1S/C16H28N4O2.CH2O2/c1-13(2)20-12-17-18-14(20)10-19-7-4-16(5-8-19)11-15(3,21)6-9-22-16;2-1-3/h12-13,21H,4-11H2,1-3H3;1H,(H,2,3). The van der Waals surface area contributed by atoms with Crippen LogP contribution in [0.3, 0.4) is 0 Å². The van der Waals surface area contributed by atoms with Gasteiger partial charge in [-0.05, 0) is 40.0 Å². The summed E-state index contributed by atoms with van der Waals surface area (Å²) in [6.45, 7) is 9.47. The number of hydrogen-bond donors (Lipinski definition) is 2. The van der Waals surface area contributed by atoms with E-state index in [1.165, 1.54) is 0 Å². The quantitative estimate of drug-likeness (QED) is 0.792. The summed E-state index contributed by atoms with van der Waals surface area (Å²) in [7, 11) is 0. The predicted molar refractivity (Wildman–Crippen MR) is 92.2 cm³/mol. The average Bonchev–Trinajstić information content (AvgIpc) is 2.98. The minimum atomic E-state index is -0.571. The zero-order chi connectivity index (χ0) is 18.5. The molecule has 8 nitrogen and oxygen atoms in total. The van der Waals surface area contributed by atoms with Gasteiger partial charge >= 0.3 is 0 Å². The van der Waals surface area contributed by atoms with E-state index in [1.807, 2.05) is 13.3 Å². The minimum absolute atomic E-state index is 0.121. The number of aliphatic hydroxyl groups is 1. The Hall–Kier alpha value is -1.51. The van der Waals surface area contributed by atoms with Crippen LogP contribution in [-0.4, -0.2) is 67.2 Å². The largest absolute Gasteiger partial charge is 0.483 e. The molecule has 2 aliphatic heterocycles. The second-order valence-corrected chi connectivity index (χ2v) is 7.58. The van der Waals surface area contributed by atoms with E-state index in [0.29, 0.717) is 12.6 Å². The van der Waals surface area contributed by atoms with Crippen molar-refractivity contribution in [3.05, 3.63) is 12.2 Å². The van der Waals surface area contributed by atoms with E-state index in [9.17, 15) is 5.11 Å². The third-order valence-corrected chi connectivity index (χ3v) is 5.09. The summed E-state index contributed by atoms with van der Waals surface area (Å²) in [4.78, 5) is 10.8. The van der Waals surface area contributed by atoms with Crippen LogP contribution in [0.4, 0.5) is 0 Å². The Balaban J connectivity index is 0.000000701. The van der Waals surface area contributed by atoms with Gasteiger partial charge in [0.25, 0.3) is 6.47 Å². The molecule has 142 valence electrons. The maximum atomic E-state index is 10.3. The highest BCUT2D eigenvalue weighted by Crippen LogP contribution is 2.39. The third kappa shape index (κ3) is 5.23. The summed E-state index contributed by atoms with van der Waals surface area (Å²) < 4.78 is 8.20. The normalized spacial score (nSPS) is 26.3. The molecule has 2 aliphatic rings. The fourth-order valence-electron chi connectivity index (χ4n) is 3.77. The van der Waals surface area contributed by atoms with Crippen LogP contribution in [-0.2, 0) is 16.1 Å². The molecule has 0 amide bonds. The van der Waals surface area contributed by atoms with E-state index in [-0.39, 0.29) is 12.1 Å². The predicted octanol–water partition coefficient (Wildman–Crippen LogP) is 1.46. The van der Waals surface area contributed by atoms with Gasteiger partial charge in [0.05, 0.1) is 24.4 Å².